The van der Waals surface area contributed by atoms with Crippen LogP contribution in [0.4, 0.5) is 0 Å². The summed E-state index contributed by atoms with van der Waals surface area (Å²) in [6.45, 7) is 1.78. The summed E-state index contributed by atoms with van der Waals surface area (Å²) in [7, 11) is 0. The van der Waals surface area contributed by atoms with Crippen molar-refractivity contribution in [1.29, 1.82) is 5.41 Å². The topological polar surface area (TPSA) is 61.9 Å². The van der Waals surface area contributed by atoms with Crippen molar-refractivity contribution in [3.05, 3.63) is 0 Å². The fourth-order valence-electron chi connectivity index (χ4n) is 0.313. The summed E-state index contributed by atoms with van der Waals surface area (Å²) in [5, 5.41) is 9.76. The van der Waals surface area contributed by atoms with Gasteiger partial charge in [0.05, 0.1) is 10.7 Å². The molecule has 0 radical (unpaired) electrons. The lowest BCUT2D eigenvalue weighted by Crippen LogP contribution is -2.40. The molecule has 0 amide bonds. The Kier molecular flexibility index (Phi) is 4.09. The van der Waals surface area contributed by atoms with Crippen molar-refractivity contribution in [1.82, 2.24) is 5.32 Å². The summed E-state index contributed by atoms with van der Waals surface area (Å²) in [5.41, 5.74) is 5.14. The van der Waals surface area contributed by atoms with Crippen molar-refractivity contribution in [2.24, 2.45) is 5.73 Å². The van der Waals surface area contributed by atoms with Crippen molar-refractivity contribution < 1.29 is 0 Å². The summed E-state index contributed by atoms with van der Waals surface area (Å²) < 4.78 is -0.219. The van der Waals surface area contributed by atoms with Crippen LogP contribution in [-0.4, -0.2) is 16.6 Å². The van der Waals surface area contributed by atoms with Crippen LogP contribution in [0, 0.1) is 5.41 Å². The lowest BCUT2D eigenvalue weighted by Gasteiger charge is -2.13. The monoisotopic (exact) mass is 165 g/mol. The Morgan fingerprint density at radius 3 is 2.22 bits per heavy atom. The van der Waals surface area contributed by atoms with Crippen LogP contribution in [-0.2, 0) is 0 Å². The molecule has 0 aromatic heterocycles. The molecular weight excluding hydrogens is 154 g/mol. The van der Waals surface area contributed by atoms with Crippen LogP contribution in [0.5, 0.6) is 0 Å². The fourth-order valence-corrected chi connectivity index (χ4v) is 0.761. The van der Waals surface area contributed by atoms with Gasteiger partial charge in [-0.05, 0) is 6.92 Å². The van der Waals surface area contributed by atoms with E-state index in [0.29, 0.717) is 0 Å². The molecule has 4 N–H and O–H groups in total. The van der Waals surface area contributed by atoms with Gasteiger partial charge in [0.2, 0.25) is 0 Å². The number of rotatable bonds is 3. The number of amidine groups is 1. The number of hydrogen-bond donors (Lipinski definition) is 5. The molecule has 0 aromatic carbocycles. The molecule has 0 fully saturated rings. The number of nitrogens with one attached hydrogen (secondary N) is 2. The van der Waals surface area contributed by atoms with Crippen LogP contribution in [0.25, 0.3) is 0 Å². The van der Waals surface area contributed by atoms with E-state index in [4.69, 9.17) is 11.1 Å². The molecule has 0 aliphatic carbocycles. The summed E-state index contributed by atoms with van der Waals surface area (Å²) in [6, 6.07) is -0.148. The van der Waals surface area contributed by atoms with Crippen LogP contribution in [0.1, 0.15) is 6.92 Å². The highest BCUT2D eigenvalue weighted by molar-refractivity contribution is 7.99. The van der Waals surface area contributed by atoms with E-state index in [9.17, 15) is 0 Å². The number of hydrogen-bond acceptors (Lipinski definition) is 4. The molecule has 54 valence electrons. The maximum Gasteiger partial charge on any atom is 0.108 e. The minimum atomic E-state index is -0.219. The van der Waals surface area contributed by atoms with Gasteiger partial charge in [-0.25, -0.2) is 0 Å². The van der Waals surface area contributed by atoms with E-state index in [1.807, 2.05) is 0 Å². The van der Waals surface area contributed by atoms with E-state index in [0.717, 1.165) is 0 Å². The van der Waals surface area contributed by atoms with Crippen LogP contribution >= 0.6 is 25.3 Å². The normalized spacial score (nSPS) is 13.8. The predicted octanol–water partition coefficient (Wildman–Crippen LogP) is 0.0437. The first-order valence-corrected chi connectivity index (χ1v) is 3.53. The molecule has 0 aliphatic heterocycles. The van der Waals surface area contributed by atoms with Gasteiger partial charge in [0, 0.05) is 0 Å². The molecule has 0 rings (SSSR count). The van der Waals surface area contributed by atoms with Gasteiger partial charge in [0.15, 0.2) is 0 Å². The predicted molar refractivity (Wildman–Crippen MR) is 46.3 cm³/mol. The van der Waals surface area contributed by atoms with E-state index < -0.39 is 0 Å². The lowest BCUT2D eigenvalue weighted by molar-refractivity contribution is 0.717. The maximum atomic E-state index is 6.94. The van der Waals surface area contributed by atoms with Gasteiger partial charge in [-0.3, -0.25) is 10.7 Å². The lowest BCUT2D eigenvalue weighted by atomic mass is 10.3. The van der Waals surface area contributed by atoms with Crippen molar-refractivity contribution in [2.75, 3.05) is 0 Å². The van der Waals surface area contributed by atoms with Gasteiger partial charge in [-0.1, -0.05) is 0 Å². The Morgan fingerprint density at radius 2 is 2.11 bits per heavy atom. The third-order valence-electron chi connectivity index (χ3n) is 0.866. The van der Waals surface area contributed by atoms with Crippen LogP contribution in [0.2, 0.25) is 0 Å². The van der Waals surface area contributed by atoms with Crippen LogP contribution in [0.3, 0.4) is 0 Å². The van der Waals surface area contributed by atoms with Crippen molar-refractivity contribution in [3.63, 3.8) is 0 Å². The second-order valence-electron chi connectivity index (χ2n) is 1.72. The molecule has 0 aromatic rings. The first-order valence-electron chi connectivity index (χ1n) is 2.50. The quantitative estimate of drug-likeness (QED) is 0.177. The average Bonchev–Trinajstić information content (AvgIpc) is 1.63. The highest BCUT2D eigenvalue weighted by Crippen LogP contribution is 1.95. The second-order valence-corrected chi connectivity index (χ2v) is 3.16. The number of thiol groups is 2. The summed E-state index contributed by atoms with van der Waals surface area (Å²) in [4.78, 5) is 0. The standard InChI is InChI=1S/C4H11N3S2/c1-2(3(5)6)7-4(8)9/h2,4,7-9H,1H3,(H3,5,6). The molecule has 0 aliphatic rings. The van der Waals surface area contributed by atoms with E-state index >= 15 is 0 Å². The highest BCUT2D eigenvalue weighted by atomic mass is 32.2. The Labute approximate surface area is 65.7 Å². The fraction of sp³-hybridized carbons (Fsp3) is 0.750. The van der Waals surface area contributed by atoms with Crippen molar-refractivity contribution in [3.8, 4) is 0 Å². The Bertz CT molecular complexity index is 104. The zero-order valence-corrected chi connectivity index (χ0v) is 6.92. The van der Waals surface area contributed by atoms with Gasteiger partial charge < -0.3 is 5.73 Å². The first kappa shape index (κ1) is 9.13. The van der Waals surface area contributed by atoms with Crippen molar-refractivity contribution >= 4 is 31.1 Å². The van der Waals surface area contributed by atoms with E-state index in [-0.39, 0.29) is 16.6 Å². The van der Waals surface area contributed by atoms with Gasteiger partial charge in [0.25, 0.3) is 0 Å². The third-order valence-corrected chi connectivity index (χ3v) is 1.16. The summed E-state index contributed by atoms with van der Waals surface area (Å²) in [5.74, 6) is 0.100. The maximum absolute atomic E-state index is 6.94. The average molecular weight is 165 g/mol. The van der Waals surface area contributed by atoms with Gasteiger partial charge in [-0.15, -0.1) is 25.3 Å². The number of nitrogens with two attached hydrogens (primary N) is 1. The first-order chi connectivity index (χ1) is 4.04. The molecule has 1 atom stereocenters. The minimum absolute atomic E-state index is 0.100. The molecule has 0 heterocycles. The third kappa shape index (κ3) is 4.62. The van der Waals surface area contributed by atoms with Gasteiger partial charge in [-0.2, -0.15) is 0 Å². The molecule has 9 heavy (non-hydrogen) atoms. The highest BCUT2D eigenvalue weighted by Gasteiger charge is 2.05. The molecule has 0 spiro atoms. The Morgan fingerprint density at radius 1 is 1.67 bits per heavy atom. The Balaban J connectivity index is 3.50. The van der Waals surface area contributed by atoms with E-state index in [2.05, 4.69) is 30.6 Å². The minimum Gasteiger partial charge on any atom is -0.386 e. The smallest absolute Gasteiger partial charge is 0.108 e. The van der Waals surface area contributed by atoms with Crippen LogP contribution in [0.15, 0.2) is 0 Å². The molecular formula is C4H11N3S2. The zero-order chi connectivity index (χ0) is 7.44. The molecule has 0 bridgehead atoms. The van der Waals surface area contributed by atoms with Crippen LogP contribution < -0.4 is 11.1 Å². The van der Waals surface area contributed by atoms with Gasteiger partial charge >= 0.3 is 0 Å². The van der Waals surface area contributed by atoms with Gasteiger partial charge in [0.1, 0.15) is 5.84 Å². The van der Waals surface area contributed by atoms with Crippen molar-refractivity contribution in [2.45, 2.75) is 17.7 Å². The summed E-state index contributed by atoms with van der Waals surface area (Å²) in [6.07, 6.45) is 0. The summed E-state index contributed by atoms with van der Waals surface area (Å²) >= 11 is 7.87. The molecule has 5 heteroatoms. The van der Waals surface area contributed by atoms with E-state index in [1.54, 1.807) is 6.92 Å². The van der Waals surface area contributed by atoms with E-state index in [1.165, 1.54) is 0 Å². The molecule has 3 nitrogen and oxygen atoms in total. The molecule has 0 saturated carbocycles. The Hall–Kier alpha value is 0.130. The molecule has 1 unspecified atom stereocenters. The largest absolute Gasteiger partial charge is 0.386 e. The second kappa shape index (κ2) is 4.03. The zero-order valence-electron chi connectivity index (χ0n) is 5.13. The molecule has 0 saturated heterocycles. The SMILES string of the molecule is CC(NC(S)S)C(=N)N.